The monoisotopic (exact) mass is 243 g/mol. The third-order valence-corrected chi connectivity index (χ3v) is 5.36. The third-order valence-electron chi connectivity index (χ3n) is 5.36. The lowest BCUT2D eigenvalue weighted by Gasteiger charge is -2.39. The average molecular weight is 243 g/mol. The first-order valence-electron chi connectivity index (χ1n) is 7.56. The minimum atomic E-state index is 0.856. The van der Waals surface area contributed by atoms with Gasteiger partial charge >= 0.3 is 0 Å². The van der Waals surface area contributed by atoms with Crippen LogP contribution < -0.4 is 5.32 Å². The Bertz CT molecular complexity index is 412. The normalized spacial score (nSPS) is 35.7. The van der Waals surface area contributed by atoms with Crippen molar-refractivity contribution in [1.29, 1.82) is 0 Å². The second-order valence-electron chi connectivity index (χ2n) is 6.53. The summed E-state index contributed by atoms with van der Waals surface area (Å²) in [5.74, 6) is 3.65. The molecule has 1 aliphatic carbocycles. The standard InChI is InChI=1S/C17H25N/c1-12-7-8-14(9-13(12)2)16-10-15-5-3-4-6-17(15)18-11-16/h3-6,12-14,16,18H,7-11H2,1-2H3. The van der Waals surface area contributed by atoms with E-state index >= 15 is 0 Å². The third kappa shape index (κ3) is 2.28. The summed E-state index contributed by atoms with van der Waals surface area (Å²) in [6.45, 7) is 6.05. The van der Waals surface area contributed by atoms with Gasteiger partial charge in [-0.25, -0.2) is 0 Å². The van der Waals surface area contributed by atoms with Crippen LogP contribution in [0.2, 0.25) is 0 Å². The Kier molecular flexibility index (Phi) is 3.32. The van der Waals surface area contributed by atoms with Crippen molar-refractivity contribution in [3.05, 3.63) is 29.8 Å². The predicted octanol–water partition coefficient (Wildman–Crippen LogP) is 4.34. The first-order valence-corrected chi connectivity index (χ1v) is 7.56. The lowest BCUT2D eigenvalue weighted by atomic mass is 9.69. The van der Waals surface area contributed by atoms with E-state index in [9.17, 15) is 0 Å². The van der Waals surface area contributed by atoms with Gasteiger partial charge in [-0.3, -0.25) is 0 Å². The molecule has 1 aromatic carbocycles. The van der Waals surface area contributed by atoms with Gasteiger partial charge in [-0.05, 0) is 54.6 Å². The van der Waals surface area contributed by atoms with Crippen LogP contribution in [0.4, 0.5) is 5.69 Å². The van der Waals surface area contributed by atoms with Crippen molar-refractivity contribution in [1.82, 2.24) is 0 Å². The first-order chi connectivity index (χ1) is 8.74. The van der Waals surface area contributed by atoms with Gasteiger partial charge in [0.15, 0.2) is 0 Å². The van der Waals surface area contributed by atoms with Crippen LogP contribution >= 0.6 is 0 Å². The maximum Gasteiger partial charge on any atom is 0.0372 e. The zero-order valence-corrected chi connectivity index (χ0v) is 11.7. The molecule has 0 amide bonds. The molecule has 1 fully saturated rings. The average Bonchev–Trinajstić information content (AvgIpc) is 2.41. The molecule has 18 heavy (non-hydrogen) atoms. The van der Waals surface area contributed by atoms with E-state index in [4.69, 9.17) is 0 Å². The van der Waals surface area contributed by atoms with Crippen molar-refractivity contribution >= 4 is 5.69 Å². The van der Waals surface area contributed by atoms with Crippen molar-refractivity contribution in [3.63, 3.8) is 0 Å². The molecule has 1 heterocycles. The van der Waals surface area contributed by atoms with Crippen molar-refractivity contribution < 1.29 is 0 Å². The highest BCUT2D eigenvalue weighted by Gasteiger charge is 2.31. The van der Waals surface area contributed by atoms with E-state index in [1.54, 1.807) is 0 Å². The highest BCUT2D eigenvalue weighted by Crippen LogP contribution is 2.40. The van der Waals surface area contributed by atoms with Gasteiger partial charge in [0.2, 0.25) is 0 Å². The summed E-state index contributed by atoms with van der Waals surface area (Å²) in [6, 6.07) is 8.82. The number of nitrogens with one attached hydrogen (secondary N) is 1. The molecule has 0 aromatic heterocycles. The van der Waals surface area contributed by atoms with Crippen LogP contribution in [0.5, 0.6) is 0 Å². The largest absolute Gasteiger partial charge is 0.385 e. The van der Waals surface area contributed by atoms with Crippen molar-refractivity contribution in [2.24, 2.45) is 23.7 Å². The van der Waals surface area contributed by atoms with Crippen LogP contribution in [-0.2, 0) is 6.42 Å². The Labute approximate surface area is 111 Å². The van der Waals surface area contributed by atoms with Crippen LogP contribution in [0.1, 0.15) is 38.7 Å². The molecule has 0 bridgehead atoms. The van der Waals surface area contributed by atoms with E-state index < -0.39 is 0 Å². The summed E-state index contributed by atoms with van der Waals surface area (Å²) in [5, 5.41) is 3.64. The Morgan fingerprint density at radius 3 is 2.67 bits per heavy atom. The number of para-hydroxylation sites is 1. The number of benzene rings is 1. The van der Waals surface area contributed by atoms with E-state index in [1.807, 2.05) is 0 Å². The van der Waals surface area contributed by atoms with Crippen LogP contribution in [-0.4, -0.2) is 6.54 Å². The summed E-state index contributed by atoms with van der Waals surface area (Å²) in [6.07, 6.45) is 5.61. The van der Waals surface area contributed by atoms with Crippen molar-refractivity contribution in [2.45, 2.75) is 39.5 Å². The molecule has 4 atom stereocenters. The quantitative estimate of drug-likeness (QED) is 0.773. The van der Waals surface area contributed by atoms with Gasteiger partial charge in [-0.15, -0.1) is 0 Å². The summed E-state index contributed by atoms with van der Waals surface area (Å²) in [7, 11) is 0. The van der Waals surface area contributed by atoms with E-state index in [1.165, 1.54) is 43.5 Å². The van der Waals surface area contributed by atoms with Gasteiger partial charge in [-0.2, -0.15) is 0 Å². The fourth-order valence-corrected chi connectivity index (χ4v) is 3.82. The number of hydrogen-bond donors (Lipinski definition) is 1. The summed E-state index contributed by atoms with van der Waals surface area (Å²) in [4.78, 5) is 0. The van der Waals surface area contributed by atoms with Crippen molar-refractivity contribution in [3.8, 4) is 0 Å². The summed E-state index contributed by atoms with van der Waals surface area (Å²) < 4.78 is 0. The summed E-state index contributed by atoms with van der Waals surface area (Å²) in [5.41, 5.74) is 2.89. The number of anilines is 1. The highest BCUT2D eigenvalue weighted by atomic mass is 14.9. The minimum Gasteiger partial charge on any atom is -0.385 e. The SMILES string of the molecule is CC1CCC(C2CNc3ccccc3C2)CC1C. The number of rotatable bonds is 1. The topological polar surface area (TPSA) is 12.0 Å². The Morgan fingerprint density at radius 1 is 1.00 bits per heavy atom. The maximum absolute atomic E-state index is 3.64. The van der Waals surface area contributed by atoms with Crippen LogP contribution in [0.25, 0.3) is 0 Å². The van der Waals surface area contributed by atoms with Gasteiger partial charge < -0.3 is 5.32 Å². The molecule has 98 valence electrons. The Hall–Kier alpha value is -0.980. The van der Waals surface area contributed by atoms with Crippen LogP contribution in [0, 0.1) is 23.7 Å². The minimum absolute atomic E-state index is 0.856. The van der Waals surface area contributed by atoms with Crippen LogP contribution in [0.3, 0.4) is 0 Å². The first kappa shape index (κ1) is 12.1. The maximum atomic E-state index is 3.64. The predicted molar refractivity (Wildman–Crippen MR) is 77.8 cm³/mol. The van der Waals surface area contributed by atoms with E-state index in [0.29, 0.717) is 0 Å². The Balaban J connectivity index is 1.69. The van der Waals surface area contributed by atoms with Gasteiger partial charge in [0.1, 0.15) is 0 Å². The molecule has 3 rings (SSSR count). The lowest BCUT2D eigenvalue weighted by Crippen LogP contribution is -2.33. The molecule has 1 nitrogen and oxygen atoms in total. The molecule has 1 N–H and O–H groups in total. The molecule has 4 unspecified atom stereocenters. The molecular weight excluding hydrogens is 218 g/mol. The van der Waals surface area contributed by atoms with E-state index in [-0.39, 0.29) is 0 Å². The molecule has 0 radical (unpaired) electrons. The Morgan fingerprint density at radius 2 is 1.83 bits per heavy atom. The van der Waals surface area contributed by atoms with Crippen LogP contribution in [0.15, 0.2) is 24.3 Å². The second kappa shape index (κ2) is 4.95. The van der Waals surface area contributed by atoms with Crippen molar-refractivity contribution in [2.75, 3.05) is 11.9 Å². The summed E-state index contributed by atoms with van der Waals surface area (Å²) >= 11 is 0. The molecule has 0 spiro atoms. The molecule has 0 saturated heterocycles. The molecule has 2 aliphatic rings. The molecular formula is C17H25N. The lowest BCUT2D eigenvalue weighted by molar-refractivity contribution is 0.159. The zero-order chi connectivity index (χ0) is 12.5. The van der Waals surface area contributed by atoms with Gasteiger partial charge in [0.05, 0.1) is 0 Å². The highest BCUT2D eigenvalue weighted by molar-refractivity contribution is 5.53. The smallest absolute Gasteiger partial charge is 0.0372 e. The molecule has 1 saturated carbocycles. The number of fused-ring (bicyclic) bond motifs is 1. The van der Waals surface area contributed by atoms with Gasteiger partial charge in [0.25, 0.3) is 0 Å². The van der Waals surface area contributed by atoms with E-state index in [2.05, 4.69) is 43.4 Å². The fraction of sp³-hybridized carbons (Fsp3) is 0.647. The fourth-order valence-electron chi connectivity index (χ4n) is 3.82. The van der Waals surface area contributed by atoms with Gasteiger partial charge in [-0.1, -0.05) is 38.5 Å². The molecule has 1 aromatic rings. The van der Waals surface area contributed by atoms with Gasteiger partial charge in [0, 0.05) is 12.2 Å². The zero-order valence-electron chi connectivity index (χ0n) is 11.7. The molecule has 1 heteroatoms. The molecule has 1 aliphatic heterocycles. The number of hydrogen-bond acceptors (Lipinski definition) is 1. The second-order valence-corrected chi connectivity index (χ2v) is 6.53. The van der Waals surface area contributed by atoms with E-state index in [0.717, 1.165) is 23.7 Å².